The molecule has 0 radical (unpaired) electrons. The lowest BCUT2D eigenvalue weighted by molar-refractivity contribution is -0.115. The van der Waals surface area contributed by atoms with Crippen molar-refractivity contribution in [2.24, 2.45) is 0 Å². The second-order valence-corrected chi connectivity index (χ2v) is 9.76. The molecule has 2 aromatic rings. The zero-order chi connectivity index (χ0) is 18.3. The van der Waals surface area contributed by atoms with Crippen LogP contribution in [0.3, 0.4) is 0 Å². The number of fused-ring (bicyclic) bond motifs is 1. The van der Waals surface area contributed by atoms with E-state index in [0.717, 1.165) is 11.3 Å². The summed E-state index contributed by atoms with van der Waals surface area (Å²) in [5, 5.41) is 6.36. The smallest absolute Gasteiger partial charge is 0.276 e. The van der Waals surface area contributed by atoms with Gasteiger partial charge >= 0.3 is 0 Å². The first-order valence-corrected chi connectivity index (χ1v) is 9.14. The fraction of sp³-hybridized carbons (Fsp3) is 0.333. The Kier molecular flexibility index (Phi) is 5.62. The number of alkyl halides is 3. The van der Waals surface area contributed by atoms with Crippen LogP contribution in [0, 0.1) is 0 Å². The van der Waals surface area contributed by atoms with Crippen molar-refractivity contribution < 1.29 is 9.59 Å². The Morgan fingerprint density at radius 1 is 1.12 bits per heavy atom. The number of hydrogen-bond acceptors (Lipinski definition) is 3. The standard InChI is InChI=1S/C15H14Cl4N2O2S/c1-14(2,3)21-12(22)11-9(16)7-5-4-6-8(10(7)24-11)20-13(23)15(17,18)19/h4-6H,1-3H3,(H,20,23)(H,21,22). The normalized spacial score (nSPS) is 12.3. The summed E-state index contributed by atoms with van der Waals surface area (Å²) in [6.45, 7) is 5.62. The predicted molar refractivity (Wildman–Crippen MR) is 103 cm³/mol. The number of carbonyl (C=O) groups excluding carboxylic acids is 2. The van der Waals surface area contributed by atoms with E-state index in [1.54, 1.807) is 18.2 Å². The van der Waals surface area contributed by atoms with E-state index in [1.807, 2.05) is 20.8 Å². The zero-order valence-corrected chi connectivity index (χ0v) is 16.8. The number of amides is 2. The first kappa shape index (κ1) is 19.6. The highest BCUT2D eigenvalue weighted by Gasteiger charge is 2.31. The highest BCUT2D eigenvalue weighted by atomic mass is 35.6. The maximum Gasteiger partial charge on any atom is 0.276 e. The average molecular weight is 428 g/mol. The van der Waals surface area contributed by atoms with Crippen LogP contribution in [-0.4, -0.2) is 21.1 Å². The summed E-state index contributed by atoms with van der Waals surface area (Å²) in [7, 11) is 0. The molecule has 0 aliphatic heterocycles. The molecule has 1 aromatic heterocycles. The molecule has 130 valence electrons. The molecule has 2 N–H and O–H groups in total. The number of thiophene rings is 1. The minimum absolute atomic E-state index is 0.285. The Morgan fingerprint density at radius 2 is 1.75 bits per heavy atom. The molecule has 0 spiro atoms. The van der Waals surface area contributed by atoms with Crippen molar-refractivity contribution in [1.29, 1.82) is 0 Å². The fourth-order valence-corrected chi connectivity index (χ4v) is 3.54. The van der Waals surface area contributed by atoms with Gasteiger partial charge in [0.2, 0.25) is 0 Å². The summed E-state index contributed by atoms with van der Waals surface area (Å²) in [6, 6.07) is 5.10. The second kappa shape index (κ2) is 6.89. The topological polar surface area (TPSA) is 58.2 Å². The lowest BCUT2D eigenvalue weighted by atomic mass is 10.1. The monoisotopic (exact) mass is 426 g/mol. The van der Waals surface area contributed by atoms with Crippen molar-refractivity contribution in [2.75, 3.05) is 5.32 Å². The molecule has 2 amide bonds. The number of rotatable bonds is 2. The lowest BCUT2D eigenvalue weighted by Gasteiger charge is -2.19. The molecule has 4 nitrogen and oxygen atoms in total. The Labute approximate surface area is 163 Å². The Hall–Kier alpha value is -0.720. The second-order valence-electron chi connectivity index (χ2n) is 6.08. The lowest BCUT2D eigenvalue weighted by Crippen LogP contribution is -2.40. The van der Waals surface area contributed by atoms with Crippen molar-refractivity contribution >= 4 is 85.3 Å². The minimum atomic E-state index is -2.09. The molecular weight excluding hydrogens is 414 g/mol. The fourth-order valence-electron chi connectivity index (χ4n) is 1.92. The minimum Gasteiger partial charge on any atom is -0.347 e. The third-order valence-electron chi connectivity index (χ3n) is 2.86. The quantitative estimate of drug-likeness (QED) is 0.631. The van der Waals surface area contributed by atoms with Crippen LogP contribution in [0.4, 0.5) is 5.69 Å². The zero-order valence-electron chi connectivity index (χ0n) is 13.0. The predicted octanol–water partition coefficient (Wildman–Crippen LogP) is 5.39. The van der Waals surface area contributed by atoms with Gasteiger partial charge in [0.1, 0.15) is 4.88 Å². The first-order valence-electron chi connectivity index (χ1n) is 6.82. The number of halogens is 4. The summed E-state index contributed by atoms with van der Waals surface area (Å²) in [5.74, 6) is -1.07. The number of hydrogen-bond donors (Lipinski definition) is 2. The largest absolute Gasteiger partial charge is 0.347 e. The maximum absolute atomic E-state index is 12.4. The van der Waals surface area contributed by atoms with E-state index >= 15 is 0 Å². The molecule has 0 fully saturated rings. The molecule has 1 heterocycles. The molecule has 0 aliphatic rings. The van der Waals surface area contributed by atoms with Crippen molar-refractivity contribution in [1.82, 2.24) is 5.32 Å². The average Bonchev–Trinajstić information content (AvgIpc) is 2.75. The van der Waals surface area contributed by atoms with Crippen LogP contribution in [0.15, 0.2) is 18.2 Å². The first-order chi connectivity index (χ1) is 10.9. The van der Waals surface area contributed by atoms with Crippen LogP contribution in [0.2, 0.25) is 5.02 Å². The van der Waals surface area contributed by atoms with Crippen LogP contribution in [0.5, 0.6) is 0 Å². The molecule has 9 heteroatoms. The maximum atomic E-state index is 12.4. The van der Waals surface area contributed by atoms with Gasteiger partial charge in [-0.05, 0) is 26.8 Å². The summed E-state index contributed by atoms with van der Waals surface area (Å²) in [6.07, 6.45) is 0. The van der Waals surface area contributed by atoms with Gasteiger partial charge in [-0.3, -0.25) is 9.59 Å². The van der Waals surface area contributed by atoms with E-state index in [1.165, 1.54) is 0 Å². The molecule has 0 bridgehead atoms. The van der Waals surface area contributed by atoms with Gasteiger partial charge in [-0.2, -0.15) is 0 Å². The van der Waals surface area contributed by atoms with E-state index in [-0.39, 0.29) is 5.91 Å². The molecule has 24 heavy (non-hydrogen) atoms. The Balaban J connectivity index is 2.46. The highest BCUT2D eigenvalue weighted by molar-refractivity contribution is 7.22. The van der Waals surface area contributed by atoms with Crippen LogP contribution in [0.25, 0.3) is 10.1 Å². The Morgan fingerprint density at radius 3 is 2.29 bits per heavy atom. The van der Waals surface area contributed by atoms with Crippen LogP contribution in [-0.2, 0) is 4.79 Å². The summed E-state index contributed by atoms with van der Waals surface area (Å²) < 4.78 is -1.46. The SMILES string of the molecule is CC(C)(C)NC(=O)c1sc2c(NC(=O)C(Cl)(Cl)Cl)cccc2c1Cl. The van der Waals surface area contributed by atoms with Crippen molar-refractivity contribution in [3.63, 3.8) is 0 Å². The number of nitrogens with one attached hydrogen (secondary N) is 2. The summed E-state index contributed by atoms with van der Waals surface area (Å²) in [5.41, 5.74) is 0.0221. The van der Waals surface area contributed by atoms with Gasteiger partial charge in [-0.25, -0.2) is 0 Å². The van der Waals surface area contributed by atoms with E-state index in [4.69, 9.17) is 46.4 Å². The van der Waals surface area contributed by atoms with Gasteiger partial charge in [0.25, 0.3) is 15.6 Å². The van der Waals surface area contributed by atoms with Crippen LogP contribution >= 0.6 is 57.7 Å². The number of anilines is 1. The van der Waals surface area contributed by atoms with E-state index in [0.29, 0.717) is 25.7 Å². The van der Waals surface area contributed by atoms with E-state index in [9.17, 15) is 9.59 Å². The molecule has 0 unspecified atom stereocenters. The van der Waals surface area contributed by atoms with E-state index in [2.05, 4.69) is 10.6 Å². The van der Waals surface area contributed by atoms with Gasteiger partial charge in [0.15, 0.2) is 0 Å². The molecule has 0 aliphatic carbocycles. The number of benzene rings is 1. The third-order valence-corrected chi connectivity index (χ3v) is 5.11. The van der Waals surface area contributed by atoms with E-state index < -0.39 is 15.2 Å². The summed E-state index contributed by atoms with van der Waals surface area (Å²) in [4.78, 5) is 24.6. The third kappa shape index (κ3) is 4.46. The van der Waals surface area contributed by atoms with Crippen LogP contribution in [0.1, 0.15) is 30.4 Å². The van der Waals surface area contributed by atoms with Gasteiger partial charge in [-0.1, -0.05) is 58.5 Å². The van der Waals surface area contributed by atoms with Gasteiger partial charge < -0.3 is 10.6 Å². The molecular formula is C15H14Cl4N2O2S. The van der Waals surface area contributed by atoms with Gasteiger partial charge in [-0.15, -0.1) is 11.3 Å². The van der Waals surface area contributed by atoms with Crippen molar-refractivity contribution in [3.8, 4) is 0 Å². The number of carbonyl (C=O) groups is 2. The Bertz CT molecular complexity index is 806. The van der Waals surface area contributed by atoms with Gasteiger partial charge in [0, 0.05) is 10.9 Å². The van der Waals surface area contributed by atoms with Crippen molar-refractivity contribution in [3.05, 3.63) is 28.1 Å². The molecule has 0 atom stereocenters. The summed E-state index contributed by atoms with van der Waals surface area (Å²) >= 11 is 24.2. The molecule has 0 saturated carbocycles. The van der Waals surface area contributed by atoms with Crippen molar-refractivity contribution in [2.45, 2.75) is 30.1 Å². The molecule has 2 rings (SSSR count). The molecule has 1 aromatic carbocycles. The van der Waals surface area contributed by atoms with Crippen LogP contribution < -0.4 is 10.6 Å². The van der Waals surface area contributed by atoms with Gasteiger partial charge in [0.05, 0.1) is 15.4 Å². The molecule has 0 saturated heterocycles. The highest BCUT2D eigenvalue weighted by Crippen LogP contribution is 2.40.